The van der Waals surface area contributed by atoms with E-state index in [0.29, 0.717) is 0 Å². The molecule has 2 amide bonds. The van der Waals surface area contributed by atoms with E-state index in [4.69, 9.17) is 48.5 Å². The van der Waals surface area contributed by atoms with E-state index in [0.717, 1.165) is 0 Å². The van der Waals surface area contributed by atoms with Gasteiger partial charge in [-0.15, -0.1) is 0 Å². The number of aliphatic hydroxyl groups is 2. The van der Waals surface area contributed by atoms with Gasteiger partial charge in [-0.1, -0.05) is 0 Å². The number of carboxylic acid groups (broad SMARTS) is 3. The minimum absolute atomic E-state index is 0.190. The van der Waals surface area contributed by atoms with E-state index in [1.807, 2.05) is 0 Å². The highest BCUT2D eigenvalue weighted by molar-refractivity contribution is 7.80. The molecule has 1 unspecified atom stereocenters. The minimum atomic E-state index is -1.49. The van der Waals surface area contributed by atoms with Gasteiger partial charge in [0.05, 0.1) is 13.2 Å². The fourth-order valence-corrected chi connectivity index (χ4v) is 0.510. The SMILES string of the molecule is C[C@@](N)(CO)C(=O)O.C[C@](N)(CO)C(=O)O.NC(=O)C(N)C(N)=O.NC(CS)C(=O)O. The Morgan fingerprint density at radius 1 is 0.806 bits per heavy atom. The molecule has 0 heterocycles. The van der Waals surface area contributed by atoms with Crippen LogP contribution in [0, 0.1) is 0 Å². The summed E-state index contributed by atoms with van der Waals surface area (Å²) in [6.07, 6.45) is 0. The van der Waals surface area contributed by atoms with E-state index in [-0.39, 0.29) is 5.75 Å². The van der Waals surface area contributed by atoms with Gasteiger partial charge in [-0.25, -0.2) is 0 Å². The first-order valence-electron chi connectivity index (χ1n) is 7.94. The molecule has 0 aliphatic carbocycles. The van der Waals surface area contributed by atoms with Crippen molar-refractivity contribution in [2.75, 3.05) is 19.0 Å². The molecule has 0 saturated carbocycles. The second-order valence-corrected chi connectivity index (χ2v) is 6.54. The zero-order valence-electron chi connectivity index (χ0n) is 17.0. The minimum Gasteiger partial charge on any atom is -0.480 e. The maximum atomic E-state index is 9.97. The van der Waals surface area contributed by atoms with E-state index < -0.39 is 66.1 Å². The lowest BCUT2D eigenvalue weighted by molar-refractivity contribution is -0.145. The van der Waals surface area contributed by atoms with Crippen molar-refractivity contribution < 1.29 is 49.5 Å². The first kappa shape index (κ1) is 35.9. The standard InChI is InChI=1S/2C4H9NO3.C3H7N3O2.C3H7NO2S/c2*1-4(5,2-6)3(7)8;4-1(2(5)7)3(6)8;4-2(1-7)3(5)6/h2*6H,2,5H2,1H3,(H,7,8);1H,4H2,(H2,5,7)(H2,6,8);2,7H,1,4H2,(H,5,6)/t2*4-;;/m10../s1. The van der Waals surface area contributed by atoms with E-state index in [9.17, 15) is 24.0 Å². The van der Waals surface area contributed by atoms with Crippen LogP contribution in [0.15, 0.2) is 0 Å². The fourth-order valence-electron chi connectivity index (χ4n) is 0.354. The Morgan fingerprint density at radius 2 is 1.06 bits per heavy atom. The van der Waals surface area contributed by atoms with Crippen LogP contribution >= 0.6 is 12.6 Å². The van der Waals surface area contributed by atoms with Crippen molar-refractivity contribution in [3.05, 3.63) is 0 Å². The Kier molecular flexibility index (Phi) is 19.9. The number of hydrogen-bond donors (Lipinski definition) is 12. The summed E-state index contributed by atoms with van der Waals surface area (Å²) in [5.41, 5.74) is 25.9. The van der Waals surface area contributed by atoms with Crippen molar-refractivity contribution in [2.24, 2.45) is 34.4 Å². The van der Waals surface area contributed by atoms with Crippen molar-refractivity contribution >= 4 is 42.4 Å². The number of primary amides is 2. The molecule has 17 heteroatoms. The number of carbonyl (C=O) groups is 5. The topological polar surface area (TPSA) is 343 Å². The maximum Gasteiger partial charge on any atom is 0.325 e. The van der Waals surface area contributed by atoms with Gasteiger partial charge >= 0.3 is 17.9 Å². The molecule has 17 N–H and O–H groups in total. The molecular formula is C14H32N6O10S. The molecule has 0 saturated heterocycles. The van der Waals surface area contributed by atoms with Gasteiger partial charge in [-0.05, 0) is 13.8 Å². The van der Waals surface area contributed by atoms with Crippen LogP contribution < -0.4 is 34.4 Å². The summed E-state index contributed by atoms with van der Waals surface area (Å²) >= 11 is 3.65. The molecular weight excluding hydrogens is 444 g/mol. The summed E-state index contributed by atoms with van der Waals surface area (Å²) < 4.78 is 0. The molecule has 0 rings (SSSR count). The third-order valence-corrected chi connectivity index (χ3v) is 3.15. The maximum absolute atomic E-state index is 9.97. The van der Waals surface area contributed by atoms with Crippen molar-refractivity contribution in [3.63, 3.8) is 0 Å². The summed E-state index contributed by atoms with van der Waals surface area (Å²) in [5, 5.41) is 40.8. The second-order valence-electron chi connectivity index (χ2n) is 6.17. The number of aliphatic hydroxyl groups excluding tert-OH is 2. The van der Waals surface area contributed by atoms with Crippen LogP contribution in [0.25, 0.3) is 0 Å². The highest BCUT2D eigenvalue weighted by atomic mass is 32.1. The van der Waals surface area contributed by atoms with Crippen LogP contribution in [0.1, 0.15) is 13.8 Å². The summed E-state index contributed by atoms with van der Waals surface area (Å²) in [6, 6.07) is -2.17. The number of hydrogen-bond acceptors (Lipinski definition) is 12. The average Bonchev–Trinajstić information content (AvgIpc) is 2.67. The molecule has 0 aromatic rings. The van der Waals surface area contributed by atoms with Gasteiger partial charge in [0.25, 0.3) is 0 Å². The summed E-state index contributed by atoms with van der Waals surface area (Å²) in [5.74, 6) is -5.01. The number of aliphatic carboxylic acids is 3. The summed E-state index contributed by atoms with van der Waals surface area (Å²) in [6.45, 7) is 1.41. The third kappa shape index (κ3) is 20.5. The lowest BCUT2D eigenvalue weighted by Crippen LogP contribution is -2.48. The van der Waals surface area contributed by atoms with Gasteiger partial charge in [0.2, 0.25) is 11.8 Å². The molecule has 0 aromatic carbocycles. The lowest BCUT2D eigenvalue weighted by atomic mass is 10.1. The molecule has 0 bridgehead atoms. The van der Waals surface area contributed by atoms with E-state index in [1.54, 1.807) is 0 Å². The summed E-state index contributed by atoms with van der Waals surface area (Å²) in [4.78, 5) is 49.6. The Labute approximate surface area is 182 Å². The van der Waals surface area contributed by atoms with Gasteiger partial charge in [-0.2, -0.15) is 12.6 Å². The number of amides is 2. The fraction of sp³-hybridized carbons (Fsp3) is 0.643. The van der Waals surface area contributed by atoms with Gasteiger partial charge in [0, 0.05) is 5.75 Å². The number of nitrogens with two attached hydrogens (primary N) is 6. The monoisotopic (exact) mass is 476 g/mol. The quantitative estimate of drug-likeness (QED) is 0.115. The van der Waals surface area contributed by atoms with Crippen LogP contribution in [0.2, 0.25) is 0 Å². The predicted octanol–water partition coefficient (Wildman–Crippen LogP) is -5.83. The van der Waals surface area contributed by atoms with Crippen LogP contribution in [0.3, 0.4) is 0 Å². The van der Waals surface area contributed by atoms with Crippen LogP contribution in [0.5, 0.6) is 0 Å². The third-order valence-electron chi connectivity index (χ3n) is 2.76. The van der Waals surface area contributed by atoms with Gasteiger partial charge in [-0.3, -0.25) is 24.0 Å². The van der Waals surface area contributed by atoms with Crippen molar-refractivity contribution in [3.8, 4) is 0 Å². The van der Waals surface area contributed by atoms with Crippen molar-refractivity contribution in [1.82, 2.24) is 0 Å². The molecule has 0 aliphatic heterocycles. The van der Waals surface area contributed by atoms with Crippen molar-refractivity contribution in [1.29, 1.82) is 0 Å². The highest BCUT2D eigenvalue weighted by Gasteiger charge is 2.26. The number of carbonyl (C=O) groups excluding carboxylic acids is 2. The largest absolute Gasteiger partial charge is 0.480 e. The normalized spacial score (nSPS) is 14.4. The van der Waals surface area contributed by atoms with E-state index in [2.05, 4.69) is 24.1 Å². The van der Waals surface area contributed by atoms with Gasteiger partial charge < -0.3 is 59.9 Å². The van der Waals surface area contributed by atoms with Gasteiger partial charge in [0.1, 0.15) is 17.1 Å². The molecule has 0 aliphatic rings. The molecule has 31 heavy (non-hydrogen) atoms. The number of rotatable bonds is 8. The predicted molar refractivity (Wildman–Crippen MR) is 110 cm³/mol. The highest BCUT2D eigenvalue weighted by Crippen LogP contribution is 1.95. The molecule has 0 spiro atoms. The Morgan fingerprint density at radius 3 is 1.06 bits per heavy atom. The van der Waals surface area contributed by atoms with E-state index >= 15 is 0 Å². The molecule has 0 fully saturated rings. The molecule has 16 nitrogen and oxygen atoms in total. The zero-order chi connectivity index (χ0) is 26.2. The number of carboxylic acids is 3. The average molecular weight is 477 g/mol. The molecule has 184 valence electrons. The summed E-state index contributed by atoms with van der Waals surface area (Å²) in [7, 11) is 0. The van der Waals surface area contributed by atoms with Gasteiger partial charge in [0.15, 0.2) is 6.04 Å². The first-order chi connectivity index (χ1) is 13.7. The second kappa shape index (κ2) is 17.2. The molecule has 0 radical (unpaired) electrons. The smallest absolute Gasteiger partial charge is 0.325 e. The van der Waals surface area contributed by atoms with Crippen LogP contribution in [-0.2, 0) is 24.0 Å². The van der Waals surface area contributed by atoms with E-state index in [1.165, 1.54) is 13.8 Å². The van der Waals surface area contributed by atoms with Crippen LogP contribution in [-0.4, -0.2) is 97.4 Å². The zero-order valence-corrected chi connectivity index (χ0v) is 17.9. The molecule has 0 aromatic heterocycles. The Hall–Kier alpha value is -2.54. The number of thiol groups is 1. The Bertz CT molecular complexity index is 562. The lowest BCUT2D eigenvalue weighted by Gasteiger charge is -2.13. The van der Waals surface area contributed by atoms with Crippen LogP contribution in [0.4, 0.5) is 0 Å². The molecule has 3 atom stereocenters. The first-order valence-corrected chi connectivity index (χ1v) is 8.58. The Balaban J connectivity index is -0.000000157. The van der Waals surface area contributed by atoms with Crippen molar-refractivity contribution in [2.45, 2.75) is 37.0 Å².